The predicted octanol–water partition coefficient (Wildman–Crippen LogP) is 1.25. The summed E-state index contributed by atoms with van der Waals surface area (Å²) in [5.41, 5.74) is 0.428. The predicted molar refractivity (Wildman–Crippen MR) is 59.6 cm³/mol. The molecule has 5 heteroatoms. The lowest BCUT2D eigenvalue weighted by Gasteiger charge is -2.15. The quantitative estimate of drug-likeness (QED) is 0.778. The van der Waals surface area contributed by atoms with Crippen molar-refractivity contribution in [2.75, 3.05) is 13.1 Å². The molecule has 2 rings (SSSR count). The molecule has 86 valence electrons. The summed E-state index contributed by atoms with van der Waals surface area (Å²) in [6.07, 6.45) is 0.175. The standard InChI is InChI=1S/C11H12ClNO3/c12-9-5-7(1-2-10(9)15)11(16)13-4-3-8(14)6-13/h1-2,5,8,14-15H,3-4,6H2/t8-/m0/s1. The molecule has 2 N–H and O–H groups in total. The fourth-order valence-electron chi connectivity index (χ4n) is 1.75. The molecule has 1 amide bonds. The molecule has 1 saturated heterocycles. The lowest BCUT2D eigenvalue weighted by atomic mass is 10.2. The minimum Gasteiger partial charge on any atom is -0.506 e. The fourth-order valence-corrected chi connectivity index (χ4v) is 1.93. The van der Waals surface area contributed by atoms with Gasteiger partial charge in [-0.1, -0.05) is 11.6 Å². The van der Waals surface area contributed by atoms with Crippen LogP contribution < -0.4 is 0 Å². The zero-order valence-electron chi connectivity index (χ0n) is 8.56. The van der Waals surface area contributed by atoms with Crippen LogP contribution in [0.15, 0.2) is 18.2 Å². The summed E-state index contributed by atoms with van der Waals surface area (Å²) in [4.78, 5) is 13.5. The Balaban J connectivity index is 2.18. The monoisotopic (exact) mass is 241 g/mol. The Bertz CT molecular complexity index is 422. The Morgan fingerprint density at radius 3 is 2.81 bits per heavy atom. The third kappa shape index (κ3) is 2.13. The zero-order chi connectivity index (χ0) is 11.7. The number of carbonyl (C=O) groups is 1. The van der Waals surface area contributed by atoms with Gasteiger partial charge in [-0.15, -0.1) is 0 Å². The molecule has 0 bridgehead atoms. The van der Waals surface area contributed by atoms with Crippen LogP contribution in [-0.2, 0) is 0 Å². The Morgan fingerprint density at radius 1 is 1.50 bits per heavy atom. The van der Waals surface area contributed by atoms with Gasteiger partial charge in [0.05, 0.1) is 11.1 Å². The van der Waals surface area contributed by atoms with Gasteiger partial charge in [0.15, 0.2) is 0 Å². The van der Waals surface area contributed by atoms with Crippen molar-refractivity contribution in [2.45, 2.75) is 12.5 Å². The van der Waals surface area contributed by atoms with E-state index in [4.69, 9.17) is 11.6 Å². The number of aliphatic hydroxyl groups excluding tert-OH is 1. The lowest BCUT2D eigenvalue weighted by molar-refractivity contribution is 0.0765. The van der Waals surface area contributed by atoms with E-state index in [-0.39, 0.29) is 16.7 Å². The molecule has 16 heavy (non-hydrogen) atoms. The second-order valence-electron chi connectivity index (χ2n) is 3.86. The largest absolute Gasteiger partial charge is 0.506 e. The molecule has 0 spiro atoms. The maximum Gasteiger partial charge on any atom is 0.253 e. The number of halogens is 1. The summed E-state index contributed by atoms with van der Waals surface area (Å²) in [6.45, 7) is 0.913. The average Bonchev–Trinajstić information content (AvgIpc) is 2.68. The third-order valence-corrected chi connectivity index (χ3v) is 2.95. The number of hydrogen-bond donors (Lipinski definition) is 2. The smallest absolute Gasteiger partial charge is 0.253 e. The fraction of sp³-hybridized carbons (Fsp3) is 0.364. The molecule has 4 nitrogen and oxygen atoms in total. The van der Waals surface area contributed by atoms with Crippen molar-refractivity contribution in [3.05, 3.63) is 28.8 Å². The van der Waals surface area contributed by atoms with Gasteiger partial charge in [-0.05, 0) is 24.6 Å². The lowest BCUT2D eigenvalue weighted by Crippen LogP contribution is -2.29. The van der Waals surface area contributed by atoms with E-state index >= 15 is 0 Å². The number of likely N-dealkylation sites (tertiary alicyclic amines) is 1. The van der Waals surface area contributed by atoms with Gasteiger partial charge in [0, 0.05) is 18.7 Å². The maximum absolute atomic E-state index is 11.9. The first kappa shape index (κ1) is 11.2. The molecule has 0 saturated carbocycles. The number of hydrogen-bond acceptors (Lipinski definition) is 3. The highest BCUT2D eigenvalue weighted by atomic mass is 35.5. The van der Waals surface area contributed by atoms with Crippen LogP contribution in [0.4, 0.5) is 0 Å². The second-order valence-corrected chi connectivity index (χ2v) is 4.27. The SMILES string of the molecule is O=C(c1ccc(O)c(Cl)c1)N1CC[C@H](O)C1. The van der Waals surface area contributed by atoms with Gasteiger partial charge in [0.2, 0.25) is 0 Å². The topological polar surface area (TPSA) is 60.8 Å². The van der Waals surface area contributed by atoms with E-state index < -0.39 is 6.10 Å². The Labute approximate surface area is 98.1 Å². The van der Waals surface area contributed by atoms with E-state index in [1.165, 1.54) is 18.2 Å². The molecular formula is C11H12ClNO3. The number of carbonyl (C=O) groups excluding carboxylic acids is 1. The van der Waals surface area contributed by atoms with Gasteiger partial charge in [-0.25, -0.2) is 0 Å². The van der Waals surface area contributed by atoms with Crippen LogP contribution in [0.3, 0.4) is 0 Å². The molecule has 1 aliphatic heterocycles. The molecular weight excluding hydrogens is 230 g/mol. The van der Waals surface area contributed by atoms with E-state index in [2.05, 4.69) is 0 Å². The van der Waals surface area contributed by atoms with E-state index in [9.17, 15) is 15.0 Å². The van der Waals surface area contributed by atoms with Crippen LogP contribution in [0.25, 0.3) is 0 Å². The Kier molecular flexibility index (Phi) is 3.03. The number of amides is 1. The normalized spacial score (nSPS) is 20.1. The first-order valence-electron chi connectivity index (χ1n) is 5.04. The van der Waals surface area contributed by atoms with Crippen molar-refractivity contribution in [1.82, 2.24) is 4.90 Å². The van der Waals surface area contributed by atoms with Gasteiger partial charge in [0.25, 0.3) is 5.91 Å². The second kappa shape index (κ2) is 4.31. The molecule has 0 aliphatic carbocycles. The minimum atomic E-state index is -0.434. The Morgan fingerprint density at radius 2 is 2.25 bits per heavy atom. The minimum absolute atomic E-state index is 0.0420. The highest BCUT2D eigenvalue weighted by molar-refractivity contribution is 6.32. The number of phenolic OH excluding ortho intramolecular Hbond substituents is 1. The molecule has 1 aromatic rings. The molecule has 0 aromatic heterocycles. The summed E-state index contributed by atoms with van der Waals surface area (Å²) in [5, 5.41) is 18.7. The van der Waals surface area contributed by atoms with Crippen molar-refractivity contribution in [2.24, 2.45) is 0 Å². The van der Waals surface area contributed by atoms with E-state index in [0.717, 1.165) is 0 Å². The summed E-state index contributed by atoms with van der Waals surface area (Å²) >= 11 is 5.72. The first-order chi connectivity index (χ1) is 7.58. The summed E-state index contributed by atoms with van der Waals surface area (Å²) in [7, 11) is 0. The molecule has 0 unspecified atom stereocenters. The van der Waals surface area contributed by atoms with Crippen LogP contribution in [0.5, 0.6) is 5.75 Å². The molecule has 1 fully saturated rings. The third-order valence-electron chi connectivity index (χ3n) is 2.65. The van der Waals surface area contributed by atoms with Crippen molar-refractivity contribution in [3.63, 3.8) is 0 Å². The Hall–Kier alpha value is -1.26. The van der Waals surface area contributed by atoms with Gasteiger partial charge in [0.1, 0.15) is 5.75 Å². The summed E-state index contributed by atoms with van der Waals surface area (Å²) in [5.74, 6) is -0.210. The average molecular weight is 242 g/mol. The first-order valence-corrected chi connectivity index (χ1v) is 5.41. The molecule has 0 radical (unpaired) electrons. The molecule has 1 aliphatic rings. The van der Waals surface area contributed by atoms with Gasteiger partial charge < -0.3 is 15.1 Å². The molecule has 1 heterocycles. The van der Waals surface area contributed by atoms with Crippen molar-refractivity contribution >= 4 is 17.5 Å². The van der Waals surface area contributed by atoms with Gasteiger partial charge >= 0.3 is 0 Å². The summed E-state index contributed by atoms with van der Waals surface area (Å²) < 4.78 is 0. The number of phenols is 1. The highest BCUT2D eigenvalue weighted by Gasteiger charge is 2.25. The number of nitrogens with zero attached hydrogens (tertiary/aromatic N) is 1. The number of rotatable bonds is 1. The van der Waals surface area contributed by atoms with E-state index in [1.807, 2.05) is 0 Å². The molecule has 1 aromatic carbocycles. The van der Waals surface area contributed by atoms with Crippen LogP contribution in [0, 0.1) is 0 Å². The number of benzene rings is 1. The number of aromatic hydroxyl groups is 1. The van der Waals surface area contributed by atoms with Crippen molar-refractivity contribution in [1.29, 1.82) is 0 Å². The highest BCUT2D eigenvalue weighted by Crippen LogP contribution is 2.25. The van der Waals surface area contributed by atoms with Crippen LogP contribution >= 0.6 is 11.6 Å². The maximum atomic E-state index is 11.9. The van der Waals surface area contributed by atoms with Crippen LogP contribution in [-0.4, -0.2) is 40.2 Å². The van der Waals surface area contributed by atoms with E-state index in [1.54, 1.807) is 4.90 Å². The van der Waals surface area contributed by atoms with Crippen molar-refractivity contribution in [3.8, 4) is 5.75 Å². The molecule has 1 atom stereocenters. The van der Waals surface area contributed by atoms with Gasteiger partial charge in [-0.3, -0.25) is 4.79 Å². The van der Waals surface area contributed by atoms with E-state index in [0.29, 0.717) is 25.1 Å². The van der Waals surface area contributed by atoms with Crippen LogP contribution in [0.2, 0.25) is 5.02 Å². The summed E-state index contributed by atoms with van der Waals surface area (Å²) in [6, 6.07) is 4.35. The zero-order valence-corrected chi connectivity index (χ0v) is 9.31. The number of aliphatic hydroxyl groups is 1. The van der Waals surface area contributed by atoms with Crippen LogP contribution in [0.1, 0.15) is 16.8 Å². The number of β-amino-alcohol motifs (C(OH)–C–C–N with tert-alkyl or cyclic N) is 1. The van der Waals surface area contributed by atoms with Gasteiger partial charge in [-0.2, -0.15) is 0 Å². The van der Waals surface area contributed by atoms with Crippen molar-refractivity contribution < 1.29 is 15.0 Å².